The van der Waals surface area contributed by atoms with E-state index in [4.69, 9.17) is 5.73 Å². The van der Waals surface area contributed by atoms with Crippen molar-refractivity contribution in [1.29, 1.82) is 0 Å². The van der Waals surface area contributed by atoms with Crippen LogP contribution in [0.15, 0.2) is 54.6 Å². The number of hydrogen-bond acceptors (Lipinski definition) is 5. The van der Waals surface area contributed by atoms with Crippen LogP contribution in [-0.2, 0) is 13.1 Å². The summed E-state index contributed by atoms with van der Waals surface area (Å²) in [5.74, 6) is 0.615. The maximum absolute atomic E-state index is 5.59. The minimum atomic E-state index is 0.556. The topological polar surface area (TPSA) is 81.7 Å². The highest BCUT2D eigenvalue weighted by Gasteiger charge is 2.07. The van der Waals surface area contributed by atoms with Gasteiger partial charge < -0.3 is 11.1 Å². The van der Waals surface area contributed by atoms with E-state index in [9.17, 15) is 0 Å². The fourth-order valence-corrected chi connectivity index (χ4v) is 2.01. The van der Waals surface area contributed by atoms with E-state index >= 15 is 0 Å². The van der Waals surface area contributed by atoms with Gasteiger partial charge in [-0.2, -0.15) is 4.68 Å². The van der Waals surface area contributed by atoms with E-state index in [1.165, 1.54) is 0 Å². The summed E-state index contributed by atoms with van der Waals surface area (Å²) in [7, 11) is 0. The van der Waals surface area contributed by atoms with Gasteiger partial charge in [-0.3, -0.25) is 0 Å². The van der Waals surface area contributed by atoms with Crippen molar-refractivity contribution < 1.29 is 0 Å². The second-order valence-corrected chi connectivity index (χ2v) is 4.62. The Labute approximate surface area is 122 Å². The minimum absolute atomic E-state index is 0.556. The summed E-state index contributed by atoms with van der Waals surface area (Å²) < 4.78 is 1.67. The van der Waals surface area contributed by atoms with Gasteiger partial charge in [0.05, 0.1) is 5.69 Å². The summed E-state index contributed by atoms with van der Waals surface area (Å²) in [6.07, 6.45) is 0. The fraction of sp³-hybridized carbons (Fsp3) is 0.133. The molecule has 106 valence electrons. The van der Waals surface area contributed by atoms with Crippen LogP contribution in [0.25, 0.3) is 5.69 Å². The molecule has 0 radical (unpaired) electrons. The lowest BCUT2D eigenvalue weighted by molar-refractivity contribution is 0.789. The minimum Gasteiger partial charge on any atom is -0.349 e. The third kappa shape index (κ3) is 3.06. The maximum atomic E-state index is 5.59. The van der Waals surface area contributed by atoms with E-state index in [-0.39, 0.29) is 0 Å². The molecule has 0 saturated heterocycles. The summed E-state index contributed by atoms with van der Waals surface area (Å²) in [5.41, 5.74) is 8.78. The number of para-hydroxylation sites is 1. The second-order valence-electron chi connectivity index (χ2n) is 4.62. The zero-order valence-corrected chi connectivity index (χ0v) is 11.5. The van der Waals surface area contributed by atoms with Crippen LogP contribution in [0.1, 0.15) is 11.1 Å². The van der Waals surface area contributed by atoms with Gasteiger partial charge in [-0.1, -0.05) is 47.6 Å². The monoisotopic (exact) mass is 280 g/mol. The van der Waals surface area contributed by atoms with E-state index in [2.05, 4.69) is 20.8 Å². The molecule has 0 bridgehead atoms. The van der Waals surface area contributed by atoms with Crippen molar-refractivity contribution in [2.45, 2.75) is 13.1 Å². The zero-order chi connectivity index (χ0) is 14.5. The number of benzene rings is 2. The molecule has 0 unspecified atom stereocenters. The number of rotatable bonds is 5. The van der Waals surface area contributed by atoms with Gasteiger partial charge >= 0.3 is 0 Å². The molecule has 3 rings (SSSR count). The number of aromatic nitrogens is 4. The van der Waals surface area contributed by atoms with Crippen LogP contribution in [-0.4, -0.2) is 20.2 Å². The molecule has 6 heteroatoms. The van der Waals surface area contributed by atoms with Crippen LogP contribution in [0.4, 0.5) is 5.95 Å². The summed E-state index contributed by atoms with van der Waals surface area (Å²) in [5, 5.41) is 15.0. The molecule has 6 nitrogen and oxygen atoms in total. The number of anilines is 1. The van der Waals surface area contributed by atoms with E-state index in [0.29, 0.717) is 19.0 Å². The van der Waals surface area contributed by atoms with Gasteiger partial charge in [0, 0.05) is 13.1 Å². The normalized spacial score (nSPS) is 10.5. The Hall–Kier alpha value is -2.73. The number of hydrogen-bond donors (Lipinski definition) is 2. The fourth-order valence-electron chi connectivity index (χ4n) is 2.01. The second kappa shape index (κ2) is 6.15. The molecule has 0 aliphatic carbocycles. The van der Waals surface area contributed by atoms with Crippen molar-refractivity contribution in [2.24, 2.45) is 5.73 Å². The number of tetrazole rings is 1. The predicted molar refractivity (Wildman–Crippen MR) is 80.8 cm³/mol. The Bertz CT molecular complexity index is 690. The summed E-state index contributed by atoms with van der Waals surface area (Å²) >= 11 is 0. The summed E-state index contributed by atoms with van der Waals surface area (Å²) in [4.78, 5) is 0. The third-order valence-electron chi connectivity index (χ3n) is 3.18. The van der Waals surface area contributed by atoms with Gasteiger partial charge in [0.25, 0.3) is 0 Å². The Morgan fingerprint density at radius 3 is 2.38 bits per heavy atom. The number of nitrogens with two attached hydrogens (primary N) is 1. The van der Waals surface area contributed by atoms with Crippen LogP contribution in [0.5, 0.6) is 0 Å². The molecule has 0 spiro atoms. The highest BCUT2D eigenvalue weighted by molar-refractivity contribution is 5.39. The first-order valence-electron chi connectivity index (χ1n) is 6.72. The smallest absolute Gasteiger partial charge is 0.248 e. The van der Waals surface area contributed by atoms with Crippen LogP contribution in [0.2, 0.25) is 0 Å². The van der Waals surface area contributed by atoms with Crippen LogP contribution in [0, 0.1) is 0 Å². The van der Waals surface area contributed by atoms with Gasteiger partial charge in [-0.05, 0) is 33.7 Å². The quantitative estimate of drug-likeness (QED) is 0.744. The molecule has 1 heterocycles. The number of nitrogens with one attached hydrogen (secondary N) is 1. The SMILES string of the molecule is NCc1ccc(CNc2nnnn2-c2ccccc2)cc1. The van der Waals surface area contributed by atoms with Gasteiger partial charge in [-0.25, -0.2) is 0 Å². The van der Waals surface area contributed by atoms with Crippen molar-refractivity contribution in [1.82, 2.24) is 20.2 Å². The lowest BCUT2D eigenvalue weighted by Gasteiger charge is -2.07. The van der Waals surface area contributed by atoms with Crippen molar-refractivity contribution in [3.05, 3.63) is 65.7 Å². The van der Waals surface area contributed by atoms with Crippen molar-refractivity contribution in [2.75, 3.05) is 5.32 Å². The molecule has 0 amide bonds. The van der Waals surface area contributed by atoms with Crippen LogP contribution in [0.3, 0.4) is 0 Å². The molecule has 0 aliphatic rings. The van der Waals surface area contributed by atoms with Gasteiger partial charge in [0.1, 0.15) is 0 Å². The summed E-state index contributed by atoms with van der Waals surface area (Å²) in [6, 6.07) is 17.9. The molecule has 0 aliphatic heterocycles. The molecule has 3 N–H and O–H groups in total. The molecule has 0 saturated carbocycles. The van der Waals surface area contributed by atoms with Gasteiger partial charge in [-0.15, -0.1) is 0 Å². The Morgan fingerprint density at radius 2 is 1.67 bits per heavy atom. The molecule has 21 heavy (non-hydrogen) atoms. The highest BCUT2D eigenvalue weighted by atomic mass is 15.6. The lowest BCUT2D eigenvalue weighted by Crippen LogP contribution is -2.07. The molecule has 2 aromatic carbocycles. The third-order valence-corrected chi connectivity index (χ3v) is 3.18. The molecular formula is C15H16N6. The standard InChI is InChI=1S/C15H16N6/c16-10-12-6-8-13(9-7-12)11-17-15-18-19-20-21(15)14-4-2-1-3-5-14/h1-9H,10-11,16H2,(H,17,18,20). The van der Waals surface area contributed by atoms with Gasteiger partial charge in [0.15, 0.2) is 0 Å². The van der Waals surface area contributed by atoms with E-state index < -0.39 is 0 Å². The predicted octanol–water partition coefficient (Wildman–Crippen LogP) is 1.73. The Kier molecular flexibility index (Phi) is 3.88. The molecular weight excluding hydrogens is 264 g/mol. The molecule has 3 aromatic rings. The van der Waals surface area contributed by atoms with E-state index in [1.54, 1.807) is 4.68 Å². The molecule has 0 fully saturated rings. The first-order chi connectivity index (χ1) is 10.4. The zero-order valence-electron chi connectivity index (χ0n) is 11.5. The van der Waals surface area contributed by atoms with Crippen molar-refractivity contribution in [3.8, 4) is 5.69 Å². The maximum Gasteiger partial charge on any atom is 0.248 e. The Morgan fingerprint density at radius 1 is 0.952 bits per heavy atom. The lowest BCUT2D eigenvalue weighted by atomic mass is 10.1. The van der Waals surface area contributed by atoms with Crippen molar-refractivity contribution in [3.63, 3.8) is 0 Å². The van der Waals surface area contributed by atoms with E-state index in [0.717, 1.165) is 16.8 Å². The number of nitrogens with zero attached hydrogens (tertiary/aromatic N) is 4. The summed E-state index contributed by atoms with van der Waals surface area (Å²) in [6.45, 7) is 1.21. The average molecular weight is 280 g/mol. The van der Waals surface area contributed by atoms with Gasteiger partial charge in [0.2, 0.25) is 5.95 Å². The first kappa shape index (κ1) is 13.3. The van der Waals surface area contributed by atoms with Crippen LogP contribution >= 0.6 is 0 Å². The van der Waals surface area contributed by atoms with E-state index in [1.807, 2.05) is 54.6 Å². The first-order valence-corrected chi connectivity index (χ1v) is 6.72. The van der Waals surface area contributed by atoms with Crippen LogP contribution < -0.4 is 11.1 Å². The highest BCUT2D eigenvalue weighted by Crippen LogP contribution is 2.12. The van der Waals surface area contributed by atoms with Crippen molar-refractivity contribution >= 4 is 5.95 Å². The molecule has 1 aromatic heterocycles. The largest absolute Gasteiger partial charge is 0.349 e. The molecule has 0 atom stereocenters. The Balaban J connectivity index is 1.72. The average Bonchev–Trinajstić information content (AvgIpc) is 3.03.